The van der Waals surface area contributed by atoms with Gasteiger partial charge in [-0.2, -0.15) is 0 Å². The minimum absolute atomic E-state index is 0.0198. The van der Waals surface area contributed by atoms with E-state index < -0.39 is 10.0 Å². The number of fused-ring (bicyclic) bond motifs is 1. The molecule has 0 bridgehead atoms. The molecule has 4 atom stereocenters. The number of hydrogen-bond donors (Lipinski definition) is 1. The van der Waals surface area contributed by atoms with Gasteiger partial charge in [0.15, 0.2) is 5.76 Å². The summed E-state index contributed by atoms with van der Waals surface area (Å²) in [4.78, 5) is 29.6. The van der Waals surface area contributed by atoms with Gasteiger partial charge in [-0.3, -0.25) is 9.59 Å². The third-order valence-electron chi connectivity index (χ3n) is 7.90. The Hall–Kier alpha value is -1.87. The van der Waals surface area contributed by atoms with Crippen LogP contribution < -0.4 is 5.14 Å². The van der Waals surface area contributed by atoms with Gasteiger partial charge in [-0.1, -0.05) is 0 Å². The van der Waals surface area contributed by atoms with Gasteiger partial charge < -0.3 is 14.2 Å². The Labute approximate surface area is 190 Å². The van der Waals surface area contributed by atoms with Gasteiger partial charge in [0.05, 0.1) is 24.1 Å². The van der Waals surface area contributed by atoms with Crippen molar-refractivity contribution >= 4 is 21.8 Å². The first-order chi connectivity index (χ1) is 15.1. The Balaban J connectivity index is 1.49. The number of nitrogens with two attached hydrogens (primary N) is 1. The summed E-state index contributed by atoms with van der Waals surface area (Å²) >= 11 is 0. The normalized spacial score (nSPS) is 33.6. The van der Waals surface area contributed by atoms with Crippen LogP contribution in [0.3, 0.4) is 0 Å². The molecule has 2 N–H and O–H groups in total. The molecule has 2 heterocycles. The van der Waals surface area contributed by atoms with Crippen molar-refractivity contribution in [1.29, 1.82) is 0 Å². The summed E-state index contributed by atoms with van der Waals surface area (Å²) in [6.45, 7) is 4.14. The number of amides is 2. The highest BCUT2D eigenvalue weighted by Crippen LogP contribution is 2.44. The quantitative estimate of drug-likeness (QED) is 0.734. The fourth-order valence-electron chi connectivity index (χ4n) is 6.56. The lowest BCUT2D eigenvalue weighted by atomic mass is 9.68. The SMILES string of the molecule is CC(=O)N1C2CCC(C3CCC(CS(N)(=O)=O)CC3)CC2N(C(=O)c2ccco2)C[C@@H]1C. The van der Waals surface area contributed by atoms with E-state index in [-0.39, 0.29) is 41.6 Å². The third kappa shape index (κ3) is 4.88. The van der Waals surface area contributed by atoms with E-state index in [4.69, 9.17) is 9.56 Å². The fourth-order valence-corrected chi connectivity index (χ4v) is 7.55. The highest BCUT2D eigenvalue weighted by Gasteiger charge is 2.48. The number of carbonyl (C=O) groups excluding carboxylic acids is 2. The zero-order chi connectivity index (χ0) is 23.0. The van der Waals surface area contributed by atoms with Crippen molar-refractivity contribution in [2.45, 2.75) is 76.9 Å². The predicted octanol–water partition coefficient (Wildman–Crippen LogP) is 2.60. The van der Waals surface area contributed by atoms with Crippen LogP contribution in [0.15, 0.2) is 22.8 Å². The molecule has 0 spiro atoms. The maximum atomic E-state index is 13.3. The first-order valence-electron chi connectivity index (χ1n) is 11.8. The molecule has 3 unspecified atom stereocenters. The Kier molecular flexibility index (Phi) is 6.68. The first-order valence-corrected chi connectivity index (χ1v) is 13.5. The number of furan rings is 1. The van der Waals surface area contributed by atoms with Gasteiger partial charge in [0, 0.05) is 19.5 Å². The van der Waals surface area contributed by atoms with E-state index in [9.17, 15) is 18.0 Å². The number of sulfonamides is 1. The number of piperazine rings is 1. The van der Waals surface area contributed by atoms with Crippen LogP contribution in [0.1, 0.15) is 69.3 Å². The molecule has 2 amide bonds. The Bertz CT molecular complexity index is 923. The molecule has 32 heavy (non-hydrogen) atoms. The van der Waals surface area contributed by atoms with Gasteiger partial charge >= 0.3 is 0 Å². The molecular formula is C23H35N3O5S. The molecule has 1 aliphatic heterocycles. The maximum absolute atomic E-state index is 13.3. The zero-order valence-corrected chi connectivity index (χ0v) is 19.8. The Morgan fingerprint density at radius 1 is 1.09 bits per heavy atom. The van der Waals surface area contributed by atoms with E-state index in [1.54, 1.807) is 19.1 Å². The number of carbonyl (C=O) groups is 2. The van der Waals surface area contributed by atoms with Gasteiger partial charge in [-0.05, 0) is 81.8 Å². The second-order valence-electron chi connectivity index (χ2n) is 10.0. The number of primary sulfonamides is 1. The van der Waals surface area contributed by atoms with Gasteiger partial charge in [0.25, 0.3) is 5.91 Å². The minimum atomic E-state index is -3.43. The van der Waals surface area contributed by atoms with Crippen LogP contribution >= 0.6 is 0 Å². The van der Waals surface area contributed by atoms with Gasteiger partial charge in [0.1, 0.15) is 0 Å². The van der Waals surface area contributed by atoms with E-state index in [0.29, 0.717) is 24.1 Å². The average Bonchev–Trinajstić information content (AvgIpc) is 3.26. The summed E-state index contributed by atoms with van der Waals surface area (Å²) in [6, 6.07) is 3.41. The van der Waals surface area contributed by atoms with Crippen molar-refractivity contribution < 1.29 is 22.4 Å². The second kappa shape index (κ2) is 9.17. The summed E-state index contributed by atoms with van der Waals surface area (Å²) in [5, 5.41) is 5.24. The molecule has 2 aliphatic carbocycles. The van der Waals surface area contributed by atoms with E-state index in [1.165, 1.54) is 6.26 Å². The molecule has 4 rings (SSSR count). The van der Waals surface area contributed by atoms with Crippen molar-refractivity contribution in [3.05, 3.63) is 24.2 Å². The van der Waals surface area contributed by atoms with Gasteiger partial charge in [-0.15, -0.1) is 0 Å². The van der Waals surface area contributed by atoms with Crippen molar-refractivity contribution in [2.24, 2.45) is 22.9 Å². The van der Waals surface area contributed by atoms with Crippen LogP contribution in [0.25, 0.3) is 0 Å². The number of hydrogen-bond acceptors (Lipinski definition) is 5. The van der Waals surface area contributed by atoms with Crippen molar-refractivity contribution in [3.8, 4) is 0 Å². The lowest BCUT2D eigenvalue weighted by Crippen LogP contribution is -2.67. The average molecular weight is 466 g/mol. The van der Waals surface area contributed by atoms with E-state index in [2.05, 4.69) is 0 Å². The predicted molar refractivity (Wildman–Crippen MR) is 120 cm³/mol. The molecule has 2 saturated carbocycles. The molecule has 178 valence electrons. The van der Waals surface area contributed by atoms with Crippen molar-refractivity contribution in [1.82, 2.24) is 9.80 Å². The topological polar surface area (TPSA) is 114 Å². The molecule has 3 fully saturated rings. The van der Waals surface area contributed by atoms with Crippen molar-refractivity contribution in [3.63, 3.8) is 0 Å². The lowest BCUT2D eigenvalue weighted by Gasteiger charge is -2.54. The minimum Gasteiger partial charge on any atom is -0.459 e. The van der Waals surface area contributed by atoms with Gasteiger partial charge in [-0.25, -0.2) is 13.6 Å². The summed E-state index contributed by atoms with van der Waals surface area (Å²) in [5.74, 6) is 1.54. The van der Waals surface area contributed by atoms with Crippen LogP contribution in [-0.4, -0.2) is 60.5 Å². The van der Waals surface area contributed by atoms with E-state index >= 15 is 0 Å². The lowest BCUT2D eigenvalue weighted by molar-refractivity contribution is -0.142. The van der Waals surface area contributed by atoms with Crippen LogP contribution in [0.2, 0.25) is 0 Å². The third-order valence-corrected chi connectivity index (χ3v) is 8.83. The largest absolute Gasteiger partial charge is 0.459 e. The van der Waals surface area contributed by atoms with Crippen LogP contribution in [-0.2, 0) is 14.8 Å². The van der Waals surface area contributed by atoms with Crippen LogP contribution in [0, 0.1) is 17.8 Å². The zero-order valence-electron chi connectivity index (χ0n) is 19.0. The highest BCUT2D eigenvalue weighted by atomic mass is 32.2. The summed E-state index contributed by atoms with van der Waals surface area (Å²) in [7, 11) is -3.43. The smallest absolute Gasteiger partial charge is 0.289 e. The molecule has 0 aromatic carbocycles. The van der Waals surface area contributed by atoms with E-state index in [0.717, 1.165) is 44.9 Å². The standard InChI is InChI=1S/C23H35N3O5S/c1-15-13-25(23(28)22-4-3-11-31-22)21-12-19(9-10-20(21)26(15)16(2)27)18-7-5-17(6-8-18)14-32(24,29)30/h3-4,11,15,17-21H,5-10,12-14H2,1-2H3,(H2,24,29,30)/t15-,17?,18?,19?,20?,21?/m0/s1. The van der Waals surface area contributed by atoms with Crippen LogP contribution in [0.4, 0.5) is 0 Å². The molecule has 1 aromatic heterocycles. The molecule has 1 aromatic rings. The van der Waals surface area contributed by atoms with Crippen molar-refractivity contribution in [2.75, 3.05) is 12.3 Å². The van der Waals surface area contributed by atoms with E-state index in [1.807, 2.05) is 16.7 Å². The second-order valence-corrected chi connectivity index (χ2v) is 11.7. The molecule has 8 nitrogen and oxygen atoms in total. The van der Waals surface area contributed by atoms with Crippen LogP contribution in [0.5, 0.6) is 0 Å². The molecule has 1 saturated heterocycles. The number of nitrogens with zero attached hydrogens (tertiary/aromatic N) is 2. The number of rotatable bonds is 4. The Morgan fingerprint density at radius 3 is 2.38 bits per heavy atom. The summed E-state index contributed by atoms with van der Waals surface area (Å²) < 4.78 is 28.3. The molecule has 3 aliphatic rings. The van der Waals surface area contributed by atoms with Gasteiger partial charge in [0.2, 0.25) is 15.9 Å². The molecule has 0 radical (unpaired) electrons. The first kappa shape index (κ1) is 23.3. The summed E-state index contributed by atoms with van der Waals surface area (Å²) in [5.41, 5.74) is 0. The maximum Gasteiger partial charge on any atom is 0.289 e. The monoisotopic (exact) mass is 465 g/mol. The Morgan fingerprint density at radius 2 is 1.78 bits per heavy atom. The summed E-state index contributed by atoms with van der Waals surface area (Å²) in [6.07, 6.45) is 8.09. The molecule has 9 heteroatoms. The fraction of sp³-hybridized carbons (Fsp3) is 0.739. The highest BCUT2D eigenvalue weighted by molar-refractivity contribution is 7.89. The molecular weight excluding hydrogens is 430 g/mol.